The summed E-state index contributed by atoms with van der Waals surface area (Å²) in [5.41, 5.74) is 1.83. The van der Waals surface area contributed by atoms with Gasteiger partial charge in [-0.15, -0.1) is 10.2 Å². The van der Waals surface area contributed by atoms with Gasteiger partial charge in [-0.25, -0.2) is 0 Å². The van der Waals surface area contributed by atoms with E-state index in [0.29, 0.717) is 0 Å². The Morgan fingerprint density at radius 2 is 1.95 bits per heavy atom. The molecule has 0 aliphatic heterocycles. The Bertz CT molecular complexity index is 713. The van der Waals surface area contributed by atoms with Crippen LogP contribution >= 0.6 is 23.4 Å². The van der Waals surface area contributed by atoms with E-state index in [4.69, 9.17) is 11.6 Å². The Balaban J connectivity index is 1.57. The maximum absolute atomic E-state index is 6.09. The lowest BCUT2D eigenvalue weighted by molar-refractivity contribution is 0.921. The number of hydrogen-bond acceptors (Lipinski definition) is 4. The average Bonchev–Trinajstić information content (AvgIpc) is 2.89. The van der Waals surface area contributed by atoms with Gasteiger partial charge in [-0.3, -0.25) is 4.40 Å². The van der Waals surface area contributed by atoms with Crippen LogP contribution in [0.1, 0.15) is 0 Å². The molecule has 20 heavy (non-hydrogen) atoms. The first kappa shape index (κ1) is 13.3. The molecule has 3 rings (SSSR count). The summed E-state index contributed by atoms with van der Waals surface area (Å²) in [4.78, 5) is 0. The molecular formula is C14H13ClN4S. The van der Waals surface area contributed by atoms with Crippen molar-refractivity contribution >= 4 is 34.7 Å². The highest BCUT2D eigenvalue weighted by molar-refractivity contribution is 7.99. The minimum Gasteiger partial charge on any atom is -0.383 e. The third-order valence-corrected chi connectivity index (χ3v) is 4.08. The third kappa shape index (κ3) is 2.89. The molecule has 0 radical (unpaired) electrons. The number of nitrogens with zero attached hydrogens (tertiary/aromatic N) is 3. The molecule has 2 heterocycles. The molecule has 0 aliphatic carbocycles. The lowest BCUT2D eigenvalue weighted by Gasteiger charge is -2.07. The van der Waals surface area contributed by atoms with Crippen molar-refractivity contribution in [2.45, 2.75) is 5.16 Å². The van der Waals surface area contributed by atoms with Crippen molar-refractivity contribution in [3.63, 3.8) is 0 Å². The Kier molecular flexibility index (Phi) is 4.08. The molecular weight excluding hydrogens is 292 g/mol. The number of anilines is 1. The van der Waals surface area contributed by atoms with Crippen molar-refractivity contribution in [3.05, 3.63) is 53.7 Å². The summed E-state index contributed by atoms with van der Waals surface area (Å²) in [5, 5.41) is 13.3. The zero-order valence-corrected chi connectivity index (χ0v) is 12.2. The summed E-state index contributed by atoms with van der Waals surface area (Å²) in [6, 6.07) is 13.6. The number of pyridine rings is 1. The molecule has 1 aromatic carbocycles. The molecule has 0 atom stereocenters. The second kappa shape index (κ2) is 6.15. The van der Waals surface area contributed by atoms with Gasteiger partial charge in [0.15, 0.2) is 10.8 Å². The standard InChI is InChI=1S/C14H13ClN4S/c15-11-5-1-2-6-12(11)16-8-10-20-14-18-17-13-7-3-4-9-19(13)14/h1-7,9,16H,8,10H2. The first-order chi connectivity index (χ1) is 9.84. The molecule has 0 fully saturated rings. The van der Waals surface area contributed by atoms with Crippen molar-refractivity contribution in [1.82, 2.24) is 14.6 Å². The number of fused-ring (bicyclic) bond motifs is 1. The van der Waals surface area contributed by atoms with E-state index in [1.54, 1.807) is 11.8 Å². The first-order valence-electron chi connectivity index (χ1n) is 6.25. The number of rotatable bonds is 5. The van der Waals surface area contributed by atoms with Gasteiger partial charge in [0.05, 0.1) is 10.7 Å². The van der Waals surface area contributed by atoms with E-state index in [1.165, 1.54) is 0 Å². The maximum Gasteiger partial charge on any atom is 0.195 e. The van der Waals surface area contributed by atoms with E-state index >= 15 is 0 Å². The second-order valence-corrected chi connectivity index (χ2v) is 5.64. The zero-order chi connectivity index (χ0) is 13.8. The fraction of sp³-hybridized carbons (Fsp3) is 0.143. The Morgan fingerprint density at radius 3 is 2.85 bits per heavy atom. The largest absolute Gasteiger partial charge is 0.383 e. The van der Waals surface area contributed by atoms with Crippen molar-refractivity contribution in [1.29, 1.82) is 0 Å². The SMILES string of the molecule is Clc1ccccc1NCCSc1nnc2ccccn12. The summed E-state index contributed by atoms with van der Waals surface area (Å²) in [7, 11) is 0. The molecule has 0 saturated heterocycles. The van der Waals surface area contributed by atoms with Gasteiger partial charge in [0, 0.05) is 18.5 Å². The van der Waals surface area contributed by atoms with Gasteiger partial charge in [-0.1, -0.05) is 41.6 Å². The molecule has 0 saturated carbocycles. The van der Waals surface area contributed by atoms with Gasteiger partial charge < -0.3 is 5.32 Å². The van der Waals surface area contributed by atoms with Crippen LogP contribution in [0, 0.1) is 0 Å². The maximum atomic E-state index is 6.09. The monoisotopic (exact) mass is 304 g/mol. The molecule has 0 spiro atoms. The molecule has 2 aromatic heterocycles. The van der Waals surface area contributed by atoms with Crippen LogP contribution < -0.4 is 5.32 Å². The molecule has 0 aliphatic rings. The van der Waals surface area contributed by atoms with E-state index in [0.717, 1.165) is 33.8 Å². The van der Waals surface area contributed by atoms with Crippen molar-refractivity contribution < 1.29 is 0 Å². The first-order valence-corrected chi connectivity index (χ1v) is 7.62. The second-order valence-electron chi connectivity index (χ2n) is 4.17. The minimum atomic E-state index is 0.741. The summed E-state index contributed by atoms with van der Waals surface area (Å²) in [5.74, 6) is 0.890. The molecule has 1 N–H and O–H groups in total. The number of hydrogen-bond donors (Lipinski definition) is 1. The molecule has 4 nitrogen and oxygen atoms in total. The van der Waals surface area contributed by atoms with Gasteiger partial charge in [-0.05, 0) is 24.3 Å². The summed E-state index contributed by atoms with van der Waals surface area (Å²) in [6.07, 6.45) is 1.97. The lowest BCUT2D eigenvalue weighted by atomic mass is 10.3. The van der Waals surface area contributed by atoms with Crippen LogP contribution in [-0.2, 0) is 0 Å². The molecule has 0 unspecified atom stereocenters. The quantitative estimate of drug-likeness (QED) is 0.578. The van der Waals surface area contributed by atoms with E-state index in [2.05, 4.69) is 15.5 Å². The summed E-state index contributed by atoms with van der Waals surface area (Å²) < 4.78 is 1.99. The van der Waals surface area contributed by atoms with Crippen molar-refractivity contribution in [2.24, 2.45) is 0 Å². The lowest BCUT2D eigenvalue weighted by Crippen LogP contribution is -2.04. The Labute approximate surface area is 126 Å². The number of nitrogens with one attached hydrogen (secondary N) is 1. The highest BCUT2D eigenvalue weighted by atomic mass is 35.5. The molecule has 0 amide bonds. The normalized spacial score (nSPS) is 10.8. The van der Waals surface area contributed by atoms with Crippen LogP contribution in [-0.4, -0.2) is 26.9 Å². The van der Waals surface area contributed by atoms with E-state index < -0.39 is 0 Å². The van der Waals surface area contributed by atoms with Crippen molar-refractivity contribution in [2.75, 3.05) is 17.6 Å². The number of halogens is 1. The van der Waals surface area contributed by atoms with Gasteiger partial charge in [0.2, 0.25) is 0 Å². The molecule has 3 aromatic rings. The van der Waals surface area contributed by atoms with Crippen LogP contribution in [0.3, 0.4) is 0 Å². The van der Waals surface area contributed by atoms with Crippen molar-refractivity contribution in [3.8, 4) is 0 Å². The highest BCUT2D eigenvalue weighted by Gasteiger charge is 2.04. The topological polar surface area (TPSA) is 42.2 Å². The summed E-state index contributed by atoms with van der Waals surface area (Å²) in [6.45, 7) is 0.816. The average molecular weight is 305 g/mol. The molecule has 102 valence electrons. The van der Waals surface area contributed by atoms with Crippen LogP contribution in [0.15, 0.2) is 53.8 Å². The highest BCUT2D eigenvalue weighted by Crippen LogP contribution is 2.21. The van der Waals surface area contributed by atoms with Gasteiger partial charge >= 0.3 is 0 Å². The molecule has 0 bridgehead atoms. The third-order valence-electron chi connectivity index (χ3n) is 2.80. The zero-order valence-electron chi connectivity index (χ0n) is 10.7. The van der Waals surface area contributed by atoms with E-state index in [9.17, 15) is 0 Å². The predicted octanol–water partition coefficient (Wildman–Crippen LogP) is 3.59. The van der Waals surface area contributed by atoms with Crippen LogP contribution in [0.25, 0.3) is 5.65 Å². The summed E-state index contributed by atoms with van der Waals surface area (Å²) >= 11 is 7.75. The number of thioether (sulfide) groups is 1. The van der Waals surface area contributed by atoms with Gasteiger partial charge in [-0.2, -0.15) is 0 Å². The Morgan fingerprint density at radius 1 is 1.10 bits per heavy atom. The smallest absolute Gasteiger partial charge is 0.195 e. The number of para-hydroxylation sites is 1. The molecule has 6 heteroatoms. The van der Waals surface area contributed by atoms with Gasteiger partial charge in [0.1, 0.15) is 0 Å². The number of aromatic nitrogens is 3. The van der Waals surface area contributed by atoms with Crippen LogP contribution in [0.2, 0.25) is 5.02 Å². The van der Waals surface area contributed by atoms with Crippen LogP contribution in [0.5, 0.6) is 0 Å². The Hall–Kier alpha value is -1.72. The van der Waals surface area contributed by atoms with Gasteiger partial charge in [0.25, 0.3) is 0 Å². The fourth-order valence-electron chi connectivity index (χ4n) is 1.85. The minimum absolute atomic E-state index is 0.741. The van der Waals surface area contributed by atoms with E-state index in [-0.39, 0.29) is 0 Å². The number of benzene rings is 1. The predicted molar refractivity (Wildman–Crippen MR) is 83.7 cm³/mol. The van der Waals surface area contributed by atoms with E-state index in [1.807, 2.05) is 53.1 Å². The fourth-order valence-corrected chi connectivity index (χ4v) is 2.83. The van der Waals surface area contributed by atoms with Crippen LogP contribution in [0.4, 0.5) is 5.69 Å².